The van der Waals surface area contributed by atoms with E-state index in [2.05, 4.69) is 64.2 Å². The quantitative estimate of drug-likeness (QED) is 0.0138. The number of piperidine rings is 1. The van der Waals surface area contributed by atoms with Crippen molar-refractivity contribution in [3.8, 4) is 11.1 Å². The Labute approximate surface area is 540 Å². The highest BCUT2D eigenvalue weighted by Crippen LogP contribution is 2.59. The zero-order valence-corrected chi connectivity index (χ0v) is 54.5. The molecule has 1 saturated carbocycles. The number of carboxylic acid groups (broad SMARTS) is 2. The van der Waals surface area contributed by atoms with Crippen LogP contribution >= 0.6 is 15.9 Å². The number of fused-ring (bicyclic) bond motifs is 2. The Kier molecular flexibility index (Phi) is 31.0. The smallest absolute Gasteiger partial charge is 0.326 e. The number of nitrogens with one attached hydrogen (secondary N) is 4. The highest BCUT2D eigenvalue weighted by molar-refractivity contribution is 9.10. The summed E-state index contributed by atoms with van der Waals surface area (Å²) in [5.74, 6) is -3.14. The standard InChI is InChI=1S/C65H91BrN10O15/c1-44-22-27-54(66)72-62(44)73-63(85)52-36-65(3)37-53(65)76(52)59(82)41-75-51-26-23-46(35-49(51)61(74-75)45(2)77)47-38-68-55(69-39-47)40-70-58(81)43-91-34-32-89-30-28-67-57(80)42-90-33-31-88-29-18-19-48(78)24-25-50(64(86)87)71-56(79)20-16-14-12-10-8-6-4-5-7-9-11-13-15-17-21-60(83)84/h22-23,26-27,35,38-39,50,52-53H,4-21,24-25,28-34,36-37,40-43H2,1-3H3,(H,67,80)(H,70,81)(H,71,79)(H,83,84)(H,86,87)(H,72,73,85)/t50-,52-,53+,65-/m0/s1. The average molecular weight is 1330 g/mol. The van der Waals surface area contributed by atoms with Crippen molar-refractivity contribution in [1.29, 1.82) is 0 Å². The number of nitrogens with zero attached hydrogens (tertiary/aromatic N) is 6. The first kappa shape index (κ1) is 72.9. The van der Waals surface area contributed by atoms with Gasteiger partial charge in [0.2, 0.25) is 29.5 Å². The second-order valence-electron chi connectivity index (χ2n) is 23.8. The Balaban J connectivity index is 0.736. The van der Waals surface area contributed by atoms with Crippen LogP contribution in [-0.2, 0) is 70.4 Å². The first-order valence-electron chi connectivity index (χ1n) is 32.0. The Morgan fingerprint density at radius 2 is 1.29 bits per heavy atom. The van der Waals surface area contributed by atoms with Gasteiger partial charge in [0.25, 0.3) is 0 Å². The molecule has 25 nitrogen and oxygen atoms in total. The van der Waals surface area contributed by atoms with Gasteiger partial charge in [0, 0.05) is 75.1 Å². The summed E-state index contributed by atoms with van der Waals surface area (Å²) in [6, 6.07) is 7.16. The van der Waals surface area contributed by atoms with E-state index in [1.807, 2.05) is 19.1 Å². The molecule has 2 aliphatic rings. The normalized spacial score (nSPS) is 16.1. The molecule has 4 atom stereocenters. The Morgan fingerprint density at radius 3 is 1.91 bits per heavy atom. The number of amides is 5. The minimum absolute atomic E-state index is 0.0164. The fourth-order valence-corrected chi connectivity index (χ4v) is 11.4. The van der Waals surface area contributed by atoms with Gasteiger partial charge in [-0.1, -0.05) is 96.1 Å². The second kappa shape index (κ2) is 38.7. The van der Waals surface area contributed by atoms with Gasteiger partial charge in [0.05, 0.1) is 45.1 Å². The number of aryl methyl sites for hydroxylation is 1. The number of Topliss-reactive ketones (excluding diaryl/α,β-unsaturated/α-hetero) is 2. The maximum Gasteiger partial charge on any atom is 0.326 e. The summed E-state index contributed by atoms with van der Waals surface area (Å²) in [5.41, 5.74) is 2.76. The van der Waals surface area contributed by atoms with Crippen molar-refractivity contribution in [2.24, 2.45) is 5.41 Å². The largest absolute Gasteiger partial charge is 0.481 e. The number of anilines is 1. The van der Waals surface area contributed by atoms with E-state index in [1.54, 1.807) is 35.5 Å². The zero-order valence-electron chi connectivity index (χ0n) is 52.9. The molecule has 4 heterocycles. The predicted molar refractivity (Wildman–Crippen MR) is 341 cm³/mol. The molecule has 3 aromatic heterocycles. The van der Waals surface area contributed by atoms with Gasteiger partial charge in [0.15, 0.2) is 5.78 Å². The van der Waals surface area contributed by atoms with Crippen LogP contribution in [0.25, 0.3) is 22.0 Å². The van der Waals surface area contributed by atoms with Crippen LogP contribution in [0.2, 0.25) is 0 Å². The number of aromatic nitrogens is 5. The number of carboxylic acids is 2. The number of ether oxygens (including phenoxy) is 4. The van der Waals surface area contributed by atoms with Gasteiger partial charge in [0.1, 0.15) is 59.6 Å². The van der Waals surface area contributed by atoms with Gasteiger partial charge in [-0.15, -0.1) is 0 Å². The maximum atomic E-state index is 14.1. The molecule has 498 valence electrons. The number of pyridine rings is 1. The number of ketones is 2. The lowest BCUT2D eigenvalue weighted by molar-refractivity contribution is -0.142. The Morgan fingerprint density at radius 1 is 0.681 bits per heavy atom. The Hall–Kier alpha value is -7.13. The molecule has 2 fully saturated rings. The Bertz CT molecular complexity index is 3070. The number of rotatable bonds is 47. The molecule has 0 radical (unpaired) electrons. The van der Waals surface area contributed by atoms with Crippen LogP contribution in [0.5, 0.6) is 0 Å². The average Bonchev–Trinajstić information content (AvgIpc) is 1.55. The molecule has 1 aliphatic carbocycles. The number of likely N-dealkylation sites (tertiary alicyclic amines) is 1. The van der Waals surface area contributed by atoms with Crippen molar-refractivity contribution in [2.75, 3.05) is 64.7 Å². The maximum absolute atomic E-state index is 14.1. The SMILES string of the molecule is CC(=O)c1nn(CC(=O)N2[C@H](C(=O)Nc3nc(Br)ccc3C)C[C@@]3(C)C[C@@H]23)c2ccc(-c3cnc(CNC(=O)COCCOCCNC(=O)COCCOCCCC(=O)CC[C@H](NC(=O)CCCCCCCCCCCCCCCCC(=O)O)C(=O)O)nc3)cc12. The van der Waals surface area contributed by atoms with Crippen molar-refractivity contribution < 1.29 is 72.3 Å². The van der Waals surface area contributed by atoms with Crippen LogP contribution in [0.3, 0.4) is 0 Å². The van der Waals surface area contributed by atoms with E-state index in [0.29, 0.717) is 57.5 Å². The van der Waals surface area contributed by atoms with Crippen molar-refractivity contribution in [3.63, 3.8) is 0 Å². The van der Waals surface area contributed by atoms with Gasteiger partial charge < -0.3 is 55.3 Å². The van der Waals surface area contributed by atoms with E-state index in [0.717, 1.165) is 56.9 Å². The summed E-state index contributed by atoms with van der Waals surface area (Å²) in [5, 5.41) is 34.3. The number of aliphatic carboxylic acids is 2. The number of halogens is 1. The molecule has 0 unspecified atom stereocenters. The monoisotopic (exact) mass is 1330 g/mol. The number of hydrogen-bond acceptors (Lipinski definition) is 17. The van der Waals surface area contributed by atoms with Crippen LogP contribution in [0, 0.1) is 12.3 Å². The molecule has 6 N–H and O–H groups in total. The summed E-state index contributed by atoms with van der Waals surface area (Å²) >= 11 is 3.36. The molecule has 0 bridgehead atoms. The lowest BCUT2D eigenvalue weighted by Gasteiger charge is -2.27. The fourth-order valence-electron chi connectivity index (χ4n) is 11.1. The molecule has 1 saturated heterocycles. The third kappa shape index (κ3) is 25.5. The third-order valence-electron chi connectivity index (χ3n) is 16.3. The summed E-state index contributed by atoms with van der Waals surface area (Å²) in [6.45, 7) is 6.23. The van der Waals surface area contributed by atoms with E-state index in [1.165, 1.54) is 50.1 Å². The van der Waals surface area contributed by atoms with Crippen LogP contribution in [-0.4, -0.2) is 170 Å². The zero-order chi connectivity index (χ0) is 65.5. The van der Waals surface area contributed by atoms with Gasteiger partial charge in [-0.25, -0.2) is 19.7 Å². The van der Waals surface area contributed by atoms with Gasteiger partial charge in [-0.2, -0.15) is 5.10 Å². The molecular weight excluding hydrogens is 1240 g/mol. The van der Waals surface area contributed by atoms with E-state index < -0.39 is 24.0 Å². The molecule has 6 rings (SSSR count). The number of carbonyl (C=O) groups excluding carboxylic acids is 7. The predicted octanol–water partition coefficient (Wildman–Crippen LogP) is 8.00. The summed E-state index contributed by atoms with van der Waals surface area (Å²) < 4.78 is 23.8. The van der Waals surface area contributed by atoms with Crippen LogP contribution < -0.4 is 21.3 Å². The summed E-state index contributed by atoms with van der Waals surface area (Å²) in [4.78, 5) is 127. The van der Waals surface area contributed by atoms with Crippen molar-refractivity contribution in [3.05, 3.63) is 64.4 Å². The van der Waals surface area contributed by atoms with Crippen LogP contribution in [0.15, 0.2) is 47.3 Å². The van der Waals surface area contributed by atoms with Crippen LogP contribution in [0.1, 0.15) is 177 Å². The lowest BCUT2D eigenvalue weighted by atomic mass is 10.0. The highest BCUT2D eigenvalue weighted by Gasteiger charge is 2.64. The number of hydrogen-bond donors (Lipinski definition) is 6. The first-order valence-corrected chi connectivity index (χ1v) is 32.8. The van der Waals surface area contributed by atoms with E-state index in [-0.39, 0.29) is 163 Å². The molecule has 91 heavy (non-hydrogen) atoms. The van der Waals surface area contributed by atoms with E-state index in [9.17, 15) is 48.3 Å². The molecule has 0 spiro atoms. The molecular formula is C65H91BrN10O15. The van der Waals surface area contributed by atoms with Crippen molar-refractivity contribution >= 4 is 85.7 Å². The van der Waals surface area contributed by atoms with E-state index >= 15 is 0 Å². The minimum Gasteiger partial charge on any atom is -0.481 e. The fraction of sp³-hybridized carbons (Fsp3) is 0.615. The number of benzene rings is 1. The molecule has 1 aromatic carbocycles. The molecule has 1 aliphatic heterocycles. The highest BCUT2D eigenvalue weighted by atomic mass is 79.9. The van der Waals surface area contributed by atoms with Crippen molar-refractivity contribution in [2.45, 2.75) is 193 Å². The van der Waals surface area contributed by atoms with Gasteiger partial charge in [-0.3, -0.25) is 43.0 Å². The number of unbranched alkanes of at least 4 members (excludes halogenated alkanes) is 13. The minimum atomic E-state index is -1.17. The van der Waals surface area contributed by atoms with E-state index in [4.69, 9.17) is 24.1 Å². The molecule has 26 heteroatoms. The van der Waals surface area contributed by atoms with Gasteiger partial charge in [-0.05, 0) is 96.1 Å². The lowest BCUT2D eigenvalue weighted by Crippen LogP contribution is -2.47. The van der Waals surface area contributed by atoms with Crippen molar-refractivity contribution in [1.82, 2.24) is 45.6 Å². The summed E-state index contributed by atoms with van der Waals surface area (Å²) in [6.07, 6.45) is 20.7. The molecule has 5 amide bonds. The van der Waals surface area contributed by atoms with Crippen LogP contribution in [0.4, 0.5) is 5.82 Å². The second-order valence-corrected chi connectivity index (χ2v) is 24.6. The third-order valence-corrected chi connectivity index (χ3v) is 16.7. The number of carbonyl (C=O) groups is 9. The van der Waals surface area contributed by atoms with Gasteiger partial charge >= 0.3 is 11.9 Å². The first-order chi connectivity index (χ1) is 43.8. The molecule has 4 aromatic rings. The topological polar surface area (TPSA) is 339 Å². The summed E-state index contributed by atoms with van der Waals surface area (Å²) in [7, 11) is 0.